The van der Waals surface area contributed by atoms with Crippen LogP contribution in [0.1, 0.15) is 26.6 Å². The number of halogens is 3. The minimum Gasteiger partial charge on any atom is -0.388 e. The Morgan fingerprint density at radius 2 is 1.65 bits per heavy atom. The number of rotatable bonds is 2. The summed E-state index contributed by atoms with van der Waals surface area (Å²) in [4.78, 5) is 0. The van der Waals surface area contributed by atoms with Gasteiger partial charge in [0, 0.05) is 17.7 Å². The number of nitrogens with zero attached hydrogens (tertiary/aromatic N) is 3. The number of aromatic nitrogens is 3. The molecule has 7 heteroatoms. The molecule has 0 radical (unpaired) electrons. The van der Waals surface area contributed by atoms with Crippen LogP contribution < -0.4 is 0 Å². The molecule has 4 nitrogen and oxygen atoms in total. The first-order valence-corrected chi connectivity index (χ1v) is 5.96. The lowest BCUT2D eigenvalue weighted by Gasteiger charge is -2.24. The molecule has 2 aromatic rings. The van der Waals surface area contributed by atoms with E-state index in [4.69, 9.17) is 0 Å². The molecular formula is C13H14F3N3O. The maximum atomic E-state index is 13.9. The quantitative estimate of drug-likeness (QED) is 0.922. The lowest BCUT2D eigenvalue weighted by atomic mass is 10.1. The zero-order valence-electron chi connectivity index (χ0n) is 11.3. The van der Waals surface area contributed by atoms with Gasteiger partial charge in [-0.3, -0.25) is 0 Å². The molecule has 0 aliphatic heterocycles. The highest BCUT2D eigenvalue weighted by Gasteiger charge is 2.27. The summed E-state index contributed by atoms with van der Waals surface area (Å²) in [7, 11) is 0. The Labute approximate surface area is 113 Å². The molecule has 1 N–H and O–H groups in total. The maximum Gasteiger partial charge on any atom is 0.170 e. The Kier molecular flexibility index (Phi) is 3.56. The van der Waals surface area contributed by atoms with E-state index in [2.05, 4.69) is 10.2 Å². The predicted octanol–water partition coefficient (Wildman–Crippen LogP) is 2.61. The summed E-state index contributed by atoms with van der Waals surface area (Å²) in [6, 6.07) is 1.16. The van der Waals surface area contributed by atoms with Crippen LogP contribution in [0.25, 0.3) is 11.4 Å². The van der Waals surface area contributed by atoms with Crippen molar-refractivity contribution in [2.45, 2.75) is 32.9 Å². The van der Waals surface area contributed by atoms with E-state index in [0.717, 1.165) is 0 Å². The Morgan fingerprint density at radius 3 is 2.10 bits per heavy atom. The second-order valence-electron chi connectivity index (χ2n) is 5.35. The van der Waals surface area contributed by atoms with Crippen LogP contribution in [0.15, 0.2) is 12.1 Å². The number of benzene rings is 1. The molecule has 1 aromatic carbocycles. The van der Waals surface area contributed by atoms with Gasteiger partial charge in [-0.15, -0.1) is 10.2 Å². The van der Waals surface area contributed by atoms with E-state index in [0.29, 0.717) is 12.1 Å². The van der Waals surface area contributed by atoms with Gasteiger partial charge in [0.05, 0.1) is 5.56 Å². The van der Waals surface area contributed by atoms with Crippen molar-refractivity contribution >= 4 is 0 Å². The summed E-state index contributed by atoms with van der Waals surface area (Å²) in [5.74, 6) is -3.05. The first-order valence-electron chi connectivity index (χ1n) is 5.96. The molecule has 20 heavy (non-hydrogen) atoms. The standard InChI is InChI=1S/C13H14F3N3O/c1-13(2,3)19-10(6-20)17-18-12(19)11-8(15)4-7(14)5-9(11)16/h4-5,20H,6H2,1-3H3. The number of hydrogen-bond donors (Lipinski definition) is 1. The van der Waals surface area contributed by atoms with E-state index in [9.17, 15) is 18.3 Å². The normalized spacial score (nSPS) is 11.9. The van der Waals surface area contributed by atoms with E-state index in [-0.39, 0.29) is 11.6 Å². The SMILES string of the molecule is CC(C)(C)n1c(CO)nnc1-c1c(F)cc(F)cc1F. The lowest BCUT2D eigenvalue weighted by molar-refractivity contribution is 0.250. The summed E-state index contributed by atoms with van der Waals surface area (Å²) >= 11 is 0. The highest BCUT2D eigenvalue weighted by molar-refractivity contribution is 5.57. The van der Waals surface area contributed by atoms with Gasteiger partial charge in [0.25, 0.3) is 0 Å². The van der Waals surface area contributed by atoms with Crippen LogP contribution >= 0.6 is 0 Å². The second kappa shape index (κ2) is 4.90. The van der Waals surface area contributed by atoms with Crippen LogP contribution in [-0.2, 0) is 12.1 Å². The van der Waals surface area contributed by atoms with Gasteiger partial charge in [-0.05, 0) is 20.8 Å². The number of aliphatic hydroxyl groups is 1. The van der Waals surface area contributed by atoms with Gasteiger partial charge < -0.3 is 9.67 Å². The third kappa shape index (κ3) is 2.40. The van der Waals surface area contributed by atoms with Gasteiger partial charge in [-0.1, -0.05) is 0 Å². The molecular weight excluding hydrogens is 271 g/mol. The molecule has 108 valence electrons. The zero-order chi connectivity index (χ0) is 15.1. The maximum absolute atomic E-state index is 13.9. The highest BCUT2D eigenvalue weighted by atomic mass is 19.1. The molecule has 2 rings (SSSR count). The van der Waals surface area contributed by atoms with Crippen molar-refractivity contribution in [3.63, 3.8) is 0 Å². The Bertz CT molecular complexity index is 624. The van der Waals surface area contributed by atoms with Crippen molar-refractivity contribution in [3.05, 3.63) is 35.4 Å². The first-order chi connectivity index (χ1) is 9.25. The smallest absolute Gasteiger partial charge is 0.170 e. The van der Waals surface area contributed by atoms with E-state index < -0.39 is 35.2 Å². The molecule has 1 aromatic heterocycles. The number of aliphatic hydroxyl groups excluding tert-OH is 1. The van der Waals surface area contributed by atoms with Crippen LogP contribution in [0.4, 0.5) is 13.2 Å². The molecule has 1 heterocycles. The highest BCUT2D eigenvalue weighted by Crippen LogP contribution is 2.30. The van der Waals surface area contributed by atoms with Gasteiger partial charge in [-0.2, -0.15) is 0 Å². The van der Waals surface area contributed by atoms with E-state index in [1.165, 1.54) is 4.57 Å². The Morgan fingerprint density at radius 1 is 1.10 bits per heavy atom. The van der Waals surface area contributed by atoms with E-state index in [1.807, 2.05) is 0 Å². The topological polar surface area (TPSA) is 50.9 Å². The summed E-state index contributed by atoms with van der Waals surface area (Å²) in [6.07, 6.45) is 0. The number of hydrogen-bond acceptors (Lipinski definition) is 3. The van der Waals surface area contributed by atoms with Crippen LogP contribution in [0.5, 0.6) is 0 Å². The van der Waals surface area contributed by atoms with Gasteiger partial charge in [0.1, 0.15) is 24.1 Å². The lowest BCUT2D eigenvalue weighted by Crippen LogP contribution is -2.25. The average Bonchev–Trinajstić information content (AvgIpc) is 2.70. The van der Waals surface area contributed by atoms with Gasteiger partial charge in [0.15, 0.2) is 11.6 Å². The Hall–Kier alpha value is -1.89. The van der Waals surface area contributed by atoms with E-state index in [1.54, 1.807) is 20.8 Å². The monoisotopic (exact) mass is 285 g/mol. The summed E-state index contributed by atoms with van der Waals surface area (Å²) in [5.41, 5.74) is -1.07. The summed E-state index contributed by atoms with van der Waals surface area (Å²) in [6.45, 7) is 4.91. The third-order valence-corrected chi connectivity index (χ3v) is 2.77. The fourth-order valence-corrected chi connectivity index (χ4v) is 2.04. The van der Waals surface area contributed by atoms with Gasteiger partial charge in [-0.25, -0.2) is 13.2 Å². The molecule has 0 bridgehead atoms. The van der Waals surface area contributed by atoms with Crippen LogP contribution in [0.3, 0.4) is 0 Å². The molecule has 0 atom stereocenters. The van der Waals surface area contributed by atoms with Crippen molar-refractivity contribution in [3.8, 4) is 11.4 Å². The average molecular weight is 285 g/mol. The zero-order valence-corrected chi connectivity index (χ0v) is 11.3. The van der Waals surface area contributed by atoms with Crippen LogP contribution in [0.2, 0.25) is 0 Å². The van der Waals surface area contributed by atoms with Crippen LogP contribution in [0, 0.1) is 17.5 Å². The van der Waals surface area contributed by atoms with Crippen molar-refractivity contribution < 1.29 is 18.3 Å². The molecule has 0 unspecified atom stereocenters. The minimum absolute atomic E-state index is 0.0865. The molecule has 0 aliphatic rings. The summed E-state index contributed by atoms with van der Waals surface area (Å²) < 4.78 is 42.1. The fraction of sp³-hybridized carbons (Fsp3) is 0.385. The molecule has 0 spiro atoms. The van der Waals surface area contributed by atoms with Gasteiger partial charge in [0.2, 0.25) is 0 Å². The molecule has 0 aliphatic carbocycles. The van der Waals surface area contributed by atoms with Crippen molar-refractivity contribution in [2.75, 3.05) is 0 Å². The van der Waals surface area contributed by atoms with Gasteiger partial charge >= 0.3 is 0 Å². The van der Waals surface area contributed by atoms with E-state index >= 15 is 0 Å². The van der Waals surface area contributed by atoms with Crippen LogP contribution in [-0.4, -0.2) is 19.9 Å². The van der Waals surface area contributed by atoms with Crippen molar-refractivity contribution in [1.29, 1.82) is 0 Å². The Balaban J connectivity index is 2.75. The predicted molar refractivity (Wildman–Crippen MR) is 66.3 cm³/mol. The first kappa shape index (κ1) is 14.5. The minimum atomic E-state index is -1.06. The largest absolute Gasteiger partial charge is 0.388 e. The van der Waals surface area contributed by atoms with Crippen molar-refractivity contribution in [1.82, 2.24) is 14.8 Å². The van der Waals surface area contributed by atoms with Crippen molar-refractivity contribution in [2.24, 2.45) is 0 Å². The fourth-order valence-electron chi connectivity index (χ4n) is 2.04. The molecule has 0 amide bonds. The molecule has 0 fully saturated rings. The third-order valence-electron chi connectivity index (χ3n) is 2.77. The molecule has 0 saturated carbocycles. The molecule has 0 saturated heterocycles. The second-order valence-corrected chi connectivity index (χ2v) is 5.35. The summed E-state index contributed by atoms with van der Waals surface area (Å²) in [5, 5.41) is 16.7.